The number of hydrogen-bond donors (Lipinski definition) is 2. The number of nitrogens with one attached hydrogen (secondary N) is 2. The monoisotopic (exact) mass is 233 g/mol. The van der Waals surface area contributed by atoms with Gasteiger partial charge in [0.05, 0.1) is 5.52 Å². The molecule has 2 rings (SSSR count). The lowest BCUT2D eigenvalue weighted by Crippen LogP contribution is -2.25. The van der Waals surface area contributed by atoms with Crippen molar-refractivity contribution in [1.29, 1.82) is 0 Å². The zero-order chi connectivity index (χ0) is 12.1. The van der Waals surface area contributed by atoms with E-state index >= 15 is 0 Å². The first-order valence-electron chi connectivity index (χ1n) is 5.53. The molecule has 1 amide bonds. The van der Waals surface area contributed by atoms with Crippen LogP contribution < -0.4 is 5.32 Å². The maximum Gasteiger partial charge on any atom is 0.272 e. The van der Waals surface area contributed by atoms with E-state index in [1.165, 1.54) is 0 Å². The number of hydrogen-bond acceptors (Lipinski definition) is 3. The summed E-state index contributed by atoms with van der Waals surface area (Å²) in [5.41, 5.74) is 1.31. The number of carbonyl (C=O) groups excluding carboxylic acids is 1. The molecule has 0 aliphatic rings. The third-order valence-corrected chi connectivity index (χ3v) is 2.50. The summed E-state index contributed by atoms with van der Waals surface area (Å²) >= 11 is 0. The van der Waals surface area contributed by atoms with Gasteiger partial charge in [0, 0.05) is 25.6 Å². The quantitative estimate of drug-likeness (QED) is 0.765. The number of methoxy groups -OCH3 is 1. The van der Waals surface area contributed by atoms with Crippen molar-refractivity contribution in [3.8, 4) is 0 Å². The molecule has 90 valence electrons. The summed E-state index contributed by atoms with van der Waals surface area (Å²) in [6.07, 6.45) is 0.796. The number of carbonyl (C=O) groups is 1. The molecular formula is C12H15N3O2. The molecule has 0 radical (unpaired) electrons. The maximum absolute atomic E-state index is 11.8. The third-order valence-electron chi connectivity index (χ3n) is 2.50. The number of para-hydroxylation sites is 1. The second-order valence-corrected chi connectivity index (χ2v) is 3.72. The van der Waals surface area contributed by atoms with E-state index in [9.17, 15) is 4.79 Å². The predicted molar refractivity (Wildman–Crippen MR) is 64.9 cm³/mol. The van der Waals surface area contributed by atoms with E-state index in [1.807, 2.05) is 24.3 Å². The zero-order valence-electron chi connectivity index (χ0n) is 9.69. The summed E-state index contributed by atoms with van der Waals surface area (Å²) in [5, 5.41) is 10.5. The number of amides is 1. The van der Waals surface area contributed by atoms with Gasteiger partial charge in [-0.1, -0.05) is 18.2 Å². The van der Waals surface area contributed by atoms with Crippen LogP contribution in [0.3, 0.4) is 0 Å². The lowest BCUT2D eigenvalue weighted by molar-refractivity contribution is 0.0945. The van der Waals surface area contributed by atoms with Crippen molar-refractivity contribution in [3.63, 3.8) is 0 Å². The highest BCUT2D eigenvalue weighted by Crippen LogP contribution is 2.14. The SMILES string of the molecule is COCCCNC(=O)c1n[nH]c2ccccc12. The fraction of sp³-hybridized carbons (Fsp3) is 0.333. The van der Waals surface area contributed by atoms with Crippen LogP contribution in [0.4, 0.5) is 0 Å². The molecule has 0 unspecified atom stereocenters. The Balaban J connectivity index is 2.04. The molecule has 2 aromatic rings. The molecule has 17 heavy (non-hydrogen) atoms. The molecule has 0 spiro atoms. The largest absolute Gasteiger partial charge is 0.385 e. The minimum atomic E-state index is -0.154. The summed E-state index contributed by atoms with van der Waals surface area (Å²) in [5.74, 6) is -0.154. The zero-order valence-corrected chi connectivity index (χ0v) is 9.69. The number of benzene rings is 1. The molecular weight excluding hydrogens is 218 g/mol. The standard InChI is InChI=1S/C12H15N3O2/c1-17-8-4-7-13-12(16)11-9-5-2-3-6-10(9)14-15-11/h2-3,5-6H,4,7-8H2,1H3,(H,13,16)(H,14,15). The minimum absolute atomic E-state index is 0.154. The van der Waals surface area contributed by atoms with E-state index in [1.54, 1.807) is 7.11 Å². The van der Waals surface area contributed by atoms with Crippen molar-refractivity contribution in [2.45, 2.75) is 6.42 Å². The Bertz CT molecular complexity index is 507. The van der Waals surface area contributed by atoms with Gasteiger partial charge in [-0.05, 0) is 12.5 Å². The van der Waals surface area contributed by atoms with Gasteiger partial charge in [-0.3, -0.25) is 9.89 Å². The minimum Gasteiger partial charge on any atom is -0.385 e. The lowest BCUT2D eigenvalue weighted by atomic mass is 10.2. The van der Waals surface area contributed by atoms with Crippen LogP contribution in [0.25, 0.3) is 10.9 Å². The van der Waals surface area contributed by atoms with Gasteiger partial charge in [-0.25, -0.2) is 0 Å². The second kappa shape index (κ2) is 5.45. The Hall–Kier alpha value is -1.88. The maximum atomic E-state index is 11.8. The summed E-state index contributed by atoms with van der Waals surface area (Å²) in [6.45, 7) is 1.23. The number of fused-ring (bicyclic) bond motifs is 1. The normalized spacial score (nSPS) is 10.6. The van der Waals surface area contributed by atoms with E-state index in [2.05, 4.69) is 15.5 Å². The Labute approximate surface area is 99.2 Å². The average Bonchev–Trinajstić information content (AvgIpc) is 2.78. The van der Waals surface area contributed by atoms with Gasteiger partial charge in [-0.15, -0.1) is 0 Å². The highest BCUT2D eigenvalue weighted by atomic mass is 16.5. The molecule has 0 fully saturated rings. The first kappa shape index (κ1) is 11.6. The molecule has 5 heteroatoms. The first-order valence-corrected chi connectivity index (χ1v) is 5.53. The molecule has 0 atom stereocenters. The number of aromatic amines is 1. The van der Waals surface area contributed by atoms with E-state index < -0.39 is 0 Å². The Morgan fingerprint density at radius 3 is 3.12 bits per heavy atom. The fourth-order valence-corrected chi connectivity index (χ4v) is 1.64. The van der Waals surface area contributed by atoms with Crippen molar-refractivity contribution < 1.29 is 9.53 Å². The predicted octanol–water partition coefficient (Wildman–Crippen LogP) is 1.33. The van der Waals surface area contributed by atoms with E-state index in [0.29, 0.717) is 18.8 Å². The van der Waals surface area contributed by atoms with Crippen LogP contribution in [0, 0.1) is 0 Å². The van der Waals surface area contributed by atoms with Crippen LogP contribution in [0.15, 0.2) is 24.3 Å². The number of nitrogens with zero attached hydrogens (tertiary/aromatic N) is 1. The molecule has 1 heterocycles. The van der Waals surface area contributed by atoms with Gasteiger partial charge in [0.15, 0.2) is 5.69 Å². The third kappa shape index (κ3) is 2.62. The second-order valence-electron chi connectivity index (χ2n) is 3.72. The van der Waals surface area contributed by atoms with E-state index in [0.717, 1.165) is 17.3 Å². The summed E-state index contributed by atoms with van der Waals surface area (Å²) < 4.78 is 4.91. The first-order chi connectivity index (χ1) is 8.33. The average molecular weight is 233 g/mol. The van der Waals surface area contributed by atoms with Crippen LogP contribution in [0.5, 0.6) is 0 Å². The van der Waals surface area contributed by atoms with Crippen LogP contribution in [0.2, 0.25) is 0 Å². The van der Waals surface area contributed by atoms with Crippen LogP contribution >= 0.6 is 0 Å². The van der Waals surface area contributed by atoms with E-state index in [-0.39, 0.29) is 5.91 Å². The molecule has 0 bridgehead atoms. The topological polar surface area (TPSA) is 67.0 Å². The van der Waals surface area contributed by atoms with Gasteiger partial charge in [0.25, 0.3) is 5.91 Å². The molecule has 0 saturated carbocycles. The molecule has 2 N–H and O–H groups in total. The number of H-pyrrole nitrogens is 1. The van der Waals surface area contributed by atoms with E-state index in [4.69, 9.17) is 4.74 Å². The van der Waals surface area contributed by atoms with Gasteiger partial charge < -0.3 is 10.1 Å². The van der Waals surface area contributed by atoms with Crippen LogP contribution in [-0.4, -0.2) is 36.4 Å². The highest BCUT2D eigenvalue weighted by Gasteiger charge is 2.12. The molecule has 0 saturated heterocycles. The molecule has 1 aromatic heterocycles. The van der Waals surface area contributed by atoms with Crippen molar-refractivity contribution in [1.82, 2.24) is 15.5 Å². The molecule has 1 aromatic carbocycles. The van der Waals surface area contributed by atoms with Crippen molar-refractivity contribution >= 4 is 16.8 Å². The Kier molecular flexibility index (Phi) is 3.72. The van der Waals surface area contributed by atoms with Crippen LogP contribution in [0.1, 0.15) is 16.9 Å². The molecule has 0 aliphatic carbocycles. The molecule has 5 nitrogen and oxygen atoms in total. The number of ether oxygens (including phenoxy) is 1. The summed E-state index contributed by atoms with van der Waals surface area (Å²) in [6, 6.07) is 7.56. The van der Waals surface area contributed by atoms with Gasteiger partial charge in [0.2, 0.25) is 0 Å². The summed E-state index contributed by atoms with van der Waals surface area (Å²) in [4.78, 5) is 11.8. The van der Waals surface area contributed by atoms with Gasteiger partial charge in [0.1, 0.15) is 0 Å². The molecule has 0 aliphatic heterocycles. The van der Waals surface area contributed by atoms with Crippen LogP contribution in [-0.2, 0) is 4.74 Å². The van der Waals surface area contributed by atoms with Crippen molar-refractivity contribution in [2.24, 2.45) is 0 Å². The Morgan fingerprint density at radius 1 is 1.47 bits per heavy atom. The smallest absolute Gasteiger partial charge is 0.272 e. The van der Waals surface area contributed by atoms with Crippen molar-refractivity contribution in [2.75, 3.05) is 20.3 Å². The Morgan fingerprint density at radius 2 is 2.29 bits per heavy atom. The fourth-order valence-electron chi connectivity index (χ4n) is 1.64. The summed E-state index contributed by atoms with van der Waals surface area (Å²) in [7, 11) is 1.64. The highest BCUT2D eigenvalue weighted by molar-refractivity contribution is 6.04. The van der Waals surface area contributed by atoms with Gasteiger partial charge in [-0.2, -0.15) is 5.10 Å². The lowest BCUT2D eigenvalue weighted by Gasteiger charge is -2.02. The number of rotatable bonds is 5. The van der Waals surface area contributed by atoms with Crippen molar-refractivity contribution in [3.05, 3.63) is 30.0 Å². The number of aromatic nitrogens is 2. The van der Waals surface area contributed by atoms with Gasteiger partial charge >= 0.3 is 0 Å².